The highest BCUT2D eigenvalue weighted by Crippen LogP contribution is 2.23. The summed E-state index contributed by atoms with van der Waals surface area (Å²) < 4.78 is 0. The van der Waals surface area contributed by atoms with Gasteiger partial charge >= 0.3 is 6.03 Å². The Morgan fingerprint density at radius 2 is 1.20 bits per heavy atom. The van der Waals surface area contributed by atoms with Gasteiger partial charge in [-0.2, -0.15) is 5.01 Å². The second kappa shape index (κ2) is 6.49. The smallest absolute Gasteiger partial charge is 0.271 e. The van der Waals surface area contributed by atoms with Gasteiger partial charge in [-0.3, -0.25) is 5.43 Å². The van der Waals surface area contributed by atoms with Crippen molar-refractivity contribution < 1.29 is 4.79 Å². The number of benzene rings is 3. The monoisotopic (exact) mass is 328 g/mol. The Kier molecular flexibility index (Phi) is 3.88. The molecular formula is C20H16N4O. The summed E-state index contributed by atoms with van der Waals surface area (Å²) >= 11 is 0. The number of nitrogens with one attached hydrogen (secondary N) is 1. The van der Waals surface area contributed by atoms with Gasteiger partial charge in [-0.15, -0.1) is 5.10 Å². The van der Waals surface area contributed by atoms with Crippen LogP contribution >= 0.6 is 0 Å². The molecule has 3 aromatic rings. The maximum Gasteiger partial charge on any atom is 0.368 e. The minimum absolute atomic E-state index is 0.267. The van der Waals surface area contributed by atoms with Gasteiger partial charge in [-0.1, -0.05) is 66.7 Å². The summed E-state index contributed by atoms with van der Waals surface area (Å²) in [5.74, 6) is 0.605. The number of amides is 2. The van der Waals surface area contributed by atoms with Crippen LogP contribution in [0.25, 0.3) is 0 Å². The van der Waals surface area contributed by atoms with Gasteiger partial charge in [0.15, 0.2) is 5.84 Å². The van der Waals surface area contributed by atoms with Gasteiger partial charge in [0.1, 0.15) is 0 Å². The van der Waals surface area contributed by atoms with Crippen molar-refractivity contribution in [2.24, 2.45) is 5.10 Å². The zero-order chi connectivity index (χ0) is 17.1. The molecule has 0 saturated heterocycles. The molecule has 3 aromatic carbocycles. The van der Waals surface area contributed by atoms with Crippen molar-refractivity contribution in [2.45, 2.75) is 0 Å². The van der Waals surface area contributed by atoms with E-state index in [1.165, 1.54) is 10.0 Å². The number of hydrogen-bond donors (Lipinski definition) is 1. The molecule has 0 spiro atoms. The number of carbonyl (C=O) groups is 1. The molecule has 5 nitrogen and oxygen atoms in total. The van der Waals surface area contributed by atoms with E-state index in [0.717, 1.165) is 11.3 Å². The summed E-state index contributed by atoms with van der Waals surface area (Å²) in [6.07, 6.45) is 0. The van der Waals surface area contributed by atoms with E-state index in [2.05, 4.69) is 10.5 Å². The van der Waals surface area contributed by atoms with Crippen molar-refractivity contribution in [1.82, 2.24) is 5.43 Å². The van der Waals surface area contributed by atoms with E-state index in [1.807, 2.05) is 91.0 Å². The molecule has 5 heteroatoms. The first-order valence-electron chi connectivity index (χ1n) is 7.98. The van der Waals surface area contributed by atoms with Crippen molar-refractivity contribution >= 4 is 23.2 Å². The lowest BCUT2D eigenvalue weighted by molar-refractivity contribution is 0.249. The van der Waals surface area contributed by atoms with Gasteiger partial charge in [-0.05, 0) is 24.3 Å². The Morgan fingerprint density at radius 1 is 0.680 bits per heavy atom. The number of urea groups is 1. The summed E-state index contributed by atoms with van der Waals surface area (Å²) in [5, 5.41) is 7.44. The van der Waals surface area contributed by atoms with Crippen molar-refractivity contribution in [2.75, 3.05) is 10.0 Å². The maximum absolute atomic E-state index is 13.0. The zero-order valence-electron chi connectivity index (χ0n) is 13.4. The van der Waals surface area contributed by atoms with Gasteiger partial charge in [0.25, 0.3) is 0 Å². The van der Waals surface area contributed by atoms with E-state index in [0.29, 0.717) is 11.5 Å². The standard InChI is InChI=1S/C20H16N4O/c25-20-23(17-12-6-2-7-13-17)21-19(16-10-4-1-5-11-16)22-24(20)18-14-8-3-9-15-18/h1-15H,(H,21,22). The Morgan fingerprint density at radius 3 is 1.80 bits per heavy atom. The Hall–Kier alpha value is -3.60. The molecule has 1 aliphatic rings. The molecule has 4 rings (SSSR count). The molecule has 1 N–H and O–H groups in total. The number of hydrazone groups is 1. The topological polar surface area (TPSA) is 47.9 Å². The van der Waals surface area contributed by atoms with Gasteiger partial charge in [0.05, 0.1) is 11.4 Å². The molecule has 25 heavy (non-hydrogen) atoms. The highest BCUT2D eigenvalue weighted by molar-refractivity contribution is 6.13. The quantitative estimate of drug-likeness (QED) is 0.790. The van der Waals surface area contributed by atoms with Crippen LogP contribution in [0.5, 0.6) is 0 Å². The third-order valence-electron chi connectivity index (χ3n) is 3.85. The van der Waals surface area contributed by atoms with Crippen molar-refractivity contribution in [3.63, 3.8) is 0 Å². The van der Waals surface area contributed by atoms with Crippen LogP contribution in [0.15, 0.2) is 96.1 Å². The van der Waals surface area contributed by atoms with Gasteiger partial charge < -0.3 is 0 Å². The summed E-state index contributed by atoms with van der Waals surface area (Å²) in [6.45, 7) is 0. The largest absolute Gasteiger partial charge is 0.368 e. The highest BCUT2D eigenvalue weighted by atomic mass is 16.2. The molecule has 0 atom stereocenters. The first kappa shape index (κ1) is 15.0. The SMILES string of the molecule is O=C1N(c2ccccc2)N=C(c2ccccc2)NN1c1ccccc1. The van der Waals surface area contributed by atoms with Crippen LogP contribution in [0, 0.1) is 0 Å². The predicted molar refractivity (Wildman–Crippen MR) is 99.4 cm³/mol. The van der Waals surface area contributed by atoms with Crippen molar-refractivity contribution in [1.29, 1.82) is 0 Å². The van der Waals surface area contributed by atoms with Gasteiger partial charge in [-0.25, -0.2) is 9.80 Å². The molecule has 0 saturated carbocycles. The molecule has 1 aliphatic heterocycles. The van der Waals surface area contributed by atoms with E-state index in [-0.39, 0.29) is 6.03 Å². The molecule has 0 fully saturated rings. The van der Waals surface area contributed by atoms with Crippen LogP contribution in [-0.4, -0.2) is 11.9 Å². The normalized spacial score (nSPS) is 14.1. The number of amidine groups is 1. The predicted octanol–water partition coefficient (Wildman–Crippen LogP) is 4.00. The molecule has 0 aromatic heterocycles. The third-order valence-corrected chi connectivity index (χ3v) is 3.85. The van der Waals surface area contributed by atoms with E-state index in [1.54, 1.807) is 0 Å². The van der Waals surface area contributed by atoms with Crippen molar-refractivity contribution in [3.8, 4) is 0 Å². The minimum atomic E-state index is -0.267. The Labute approximate surface area is 145 Å². The summed E-state index contributed by atoms with van der Waals surface area (Å²) in [5.41, 5.74) is 5.49. The Bertz CT molecular complexity index is 895. The van der Waals surface area contributed by atoms with Gasteiger partial charge in [0.2, 0.25) is 0 Å². The molecule has 0 unspecified atom stereocenters. The molecule has 0 bridgehead atoms. The number of carbonyl (C=O) groups excluding carboxylic acids is 1. The van der Waals surface area contributed by atoms with E-state index in [9.17, 15) is 4.79 Å². The second-order valence-electron chi connectivity index (χ2n) is 5.53. The minimum Gasteiger partial charge on any atom is -0.271 e. The highest BCUT2D eigenvalue weighted by Gasteiger charge is 2.30. The Balaban J connectivity index is 1.80. The number of hydrazine groups is 1. The summed E-state index contributed by atoms with van der Waals surface area (Å²) in [7, 11) is 0. The fourth-order valence-electron chi connectivity index (χ4n) is 2.62. The molecule has 1 heterocycles. The number of nitrogens with zero attached hydrogens (tertiary/aromatic N) is 3. The van der Waals surface area contributed by atoms with Crippen LogP contribution in [-0.2, 0) is 0 Å². The van der Waals surface area contributed by atoms with Gasteiger partial charge in [0, 0.05) is 5.56 Å². The zero-order valence-corrected chi connectivity index (χ0v) is 13.4. The second-order valence-corrected chi connectivity index (χ2v) is 5.53. The first-order chi connectivity index (χ1) is 12.3. The lowest BCUT2D eigenvalue weighted by Gasteiger charge is -2.34. The number of hydrogen-bond acceptors (Lipinski definition) is 3. The molecular weight excluding hydrogens is 312 g/mol. The van der Waals surface area contributed by atoms with Crippen LogP contribution in [0.1, 0.15) is 5.56 Å². The van der Waals surface area contributed by atoms with Crippen molar-refractivity contribution in [3.05, 3.63) is 96.6 Å². The number of anilines is 2. The van der Waals surface area contributed by atoms with E-state index < -0.39 is 0 Å². The molecule has 0 radical (unpaired) electrons. The maximum atomic E-state index is 13.0. The lowest BCUT2D eigenvalue weighted by Crippen LogP contribution is -2.56. The fourth-order valence-corrected chi connectivity index (χ4v) is 2.62. The average molecular weight is 328 g/mol. The third kappa shape index (κ3) is 2.95. The van der Waals surface area contributed by atoms with Crippen LogP contribution in [0.4, 0.5) is 16.2 Å². The molecule has 0 aliphatic carbocycles. The molecule has 122 valence electrons. The number of para-hydroxylation sites is 2. The lowest BCUT2D eigenvalue weighted by atomic mass is 10.2. The van der Waals surface area contributed by atoms with Crippen LogP contribution in [0.2, 0.25) is 0 Å². The van der Waals surface area contributed by atoms with Crippen LogP contribution < -0.4 is 15.4 Å². The molecule has 2 amide bonds. The summed E-state index contributed by atoms with van der Waals surface area (Å²) in [6, 6.07) is 28.3. The average Bonchev–Trinajstić information content (AvgIpc) is 2.70. The van der Waals surface area contributed by atoms with Crippen LogP contribution in [0.3, 0.4) is 0 Å². The summed E-state index contributed by atoms with van der Waals surface area (Å²) in [4.78, 5) is 13.0. The first-order valence-corrected chi connectivity index (χ1v) is 7.98. The number of rotatable bonds is 3. The fraction of sp³-hybridized carbons (Fsp3) is 0. The van der Waals surface area contributed by atoms with E-state index in [4.69, 9.17) is 0 Å². The van der Waals surface area contributed by atoms with E-state index >= 15 is 0 Å².